The third-order valence-electron chi connectivity index (χ3n) is 7.21. The summed E-state index contributed by atoms with van der Waals surface area (Å²) in [5.41, 5.74) is 3.17. The van der Waals surface area contributed by atoms with Crippen molar-refractivity contribution < 1.29 is 28.8 Å². The number of likely N-dealkylation sites (tertiary alicyclic amines) is 1. The van der Waals surface area contributed by atoms with Gasteiger partial charge in [-0.2, -0.15) is 0 Å². The van der Waals surface area contributed by atoms with Crippen LogP contribution in [0, 0.1) is 0 Å². The normalized spacial score (nSPS) is 25.9. The molecule has 38 heavy (non-hydrogen) atoms. The maximum Gasteiger partial charge on any atom is 0.276 e. The van der Waals surface area contributed by atoms with Crippen LogP contribution in [0.1, 0.15) is 48.3 Å². The Balaban J connectivity index is 1.29. The van der Waals surface area contributed by atoms with Gasteiger partial charge in [0.05, 0.1) is 32.0 Å². The molecule has 0 bridgehead atoms. The molecule has 3 aliphatic rings. The minimum absolute atomic E-state index is 0.00872. The van der Waals surface area contributed by atoms with Gasteiger partial charge in [0.15, 0.2) is 12.1 Å². The van der Waals surface area contributed by atoms with E-state index in [0.29, 0.717) is 25.3 Å². The molecule has 3 heterocycles. The van der Waals surface area contributed by atoms with Crippen LogP contribution in [0.25, 0.3) is 0 Å². The molecule has 2 aromatic carbocycles. The molecule has 1 spiro atoms. The zero-order valence-electron chi connectivity index (χ0n) is 20.8. The van der Waals surface area contributed by atoms with Gasteiger partial charge >= 0.3 is 0 Å². The summed E-state index contributed by atoms with van der Waals surface area (Å²) in [6, 6.07) is 14.9. The second kappa shape index (κ2) is 12.0. The van der Waals surface area contributed by atoms with Crippen LogP contribution in [0.4, 0.5) is 5.69 Å². The van der Waals surface area contributed by atoms with Gasteiger partial charge in [0, 0.05) is 50.1 Å². The van der Waals surface area contributed by atoms with Crippen molar-refractivity contribution in [3.05, 3.63) is 65.2 Å². The topological polar surface area (TPSA) is 89.5 Å². The molecule has 5 rings (SSSR count). The van der Waals surface area contributed by atoms with E-state index in [1.165, 1.54) is 0 Å². The number of rotatable bonds is 6. The first kappa shape index (κ1) is 28.1. The fraction of sp³-hybridized carbons (Fsp3) is 0.519. The zero-order valence-corrected chi connectivity index (χ0v) is 23.1. The van der Waals surface area contributed by atoms with Crippen molar-refractivity contribution in [2.24, 2.45) is 0 Å². The lowest BCUT2D eigenvalue weighted by molar-refractivity contribution is -0.255. The number of nitrogens with zero attached hydrogens (tertiary/aromatic N) is 1. The van der Waals surface area contributed by atoms with Crippen molar-refractivity contribution in [3.63, 3.8) is 0 Å². The number of halogens is 3. The average molecular weight is 586 g/mol. The summed E-state index contributed by atoms with van der Waals surface area (Å²) in [5, 5.41) is 12.0. The molecule has 2 aromatic rings. The predicted octanol–water partition coefficient (Wildman–Crippen LogP) is 4.87. The molecule has 1 amide bonds. The third-order valence-corrected chi connectivity index (χ3v) is 7.72. The van der Waals surface area contributed by atoms with Crippen LogP contribution in [-0.2, 0) is 30.3 Å². The highest BCUT2D eigenvalue weighted by Crippen LogP contribution is 2.39. The average Bonchev–Trinajstić information content (AvgIpc) is 3.38. The number of hydrogen-bond donors (Lipinski definition) is 2. The Morgan fingerprint density at radius 1 is 0.974 bits per heavy atom. The molecule has 0 aromatic heterocycles. The number of piperidine rings is 1. The molecule has 2 N–H and O–H groups in total. The Kier molecular flexibility index (Phi) is 8.84. The van der Waals surface area contributed by atoms with Crippen molar-refractivity contribution in [3.8, 4) is 0 Å². The van der Waals surface area contributed by atoms with Gasteiger partial charge in [-0.1, -0.05) is 71.2 Å². The number of carbonyl (C=O) groups excluding carboxylic acids is 1. The smallest absolute Gasteiger partial charge is 0.276 e. The fourth-order valence-corrected chi connectivity index (χ4v) is 5.25. The second-order valence-electron chi connectivity index (χ2n) is 9.83. The van der Waals surface area contributed by atoms with Crippen LogP contribution in [-0.4, -0.2) is 64.4 Å². The van der Waals surface area contributed by atoms with E-state index >= 15 is 0 Å². The van der Waals surface area contributed by atoms with Crippen LogP contribution < -0.4 is 5.32 Å². The number of ether oxygens (including phenoxy) is 4. The summed E-state index contributed by atoms with van der Waals surface area (Å²) in [7, 11) is 0. The van der Waals surface area contributed by atoms with E-state index in [2.05, 4.69) is 10.2 Å². The van der Waals surface area contributed by atoms with Gasteiger partial charge < -0.3 is 34.3 Å². The monoisotopic (exact) mass is 584 g/mol. The molecule has 3 unspecified atom stereocenters. The number of aliphatic hydroxyl groups excluding tert-OH is 1. The Hall–Kier alpha value is -1.46. The van der Waals surface area contributed by atoms with Gasteiger partial charge in [0.1, 0.15) is 0 Å². The Morgan fingerprint density at radius 3 is 2.21 bits per heavy atom. The van der Waals surface area contributed by atoms with Gasteiger partial charge in [-0.15, -0.1) is 0 Å². The van der Waals surface area contributed by atoms with E-state index in [4.69, 9.17) is 53.8 Å². The quantitative estimate of drug-likeness (QED) is 0.468. The lowest BCUT2D eigenvalue weighted by atomic mass is 9.98. The van der Waals surface area contributed by atoms with E-state index in [9.17, 15) is 9.90 Å². The summed E-state index contributed by atoms with van der Waals surface area (Å²) in [5.74, 6) is -1.15. The Bertz CT molecular complexity index is 1080. The number of hydrogen-bond acceptors (Lipinski definition) is 7. The van der Waals surface area contributed by atoms with Crippen molar-refractivity contribution in [2.45, 2.75) is 53.9 Å². The summed E-state index contributed by atoms with van der Waals surface area (Å²) in [6.45, 7) is 3.82. The molecule has 206 valence electrons. The molecule has 11 heteroatoms. The van der Waals surface area contributed by atoms with Crippen LogP contribution in [0.15, 0.2) is 48.5 Å². The number of anilines is 1. The number of nitrogens with one attached hydrogen (secondary N) is 1. The number of carbonyl (C=O) groups is 1. The highest BCUT2D eigenvalue weighted by molar-refractivity contribution is 6.76. The van der Waals surface area contributed by atoms with E-state index < -0.39 is 21.8 Å². The van der Waals surface area contributed by atoms with Crippen molar-refractivity contribution in [1.29, 1.82) is 0 Å². The Morgan fingerprint density at radius 2 is 1.61 bits per heavy atom. The Labute approximate surface area is 237 Å². The molecule has 0 saturated carbocycles. The number of amides is 1. The van der Waals surface area contributed by atoms with Gasteiger partial charge in [-0.25, -0.2) is 0 Å². The van der Waals surface area contributed by atoms with Gasteiger partial charge in [-0.05, 0) is 23.3 Å². The summed E-state index contributed by atoms with van der Waals surface area (Å²) in [4.78, 5) is 14.4. The lowest BCUT2D eigenvalue weighted by Crippen LogP contribution is -2.48. The molecule has 0 radical (unpaired) electrons. The highest BCUT2D eigenvalue weighted by atomic mass is 35.6. The van der Waals surface area contributed by atoms with Crippen molar-refractivity contribution >= 4 is 46.4 Å². The van der Waals surface area contributed by atoms with E-state index in [1.807, 2.05) is 36.4 Å². The SMILES string of the molecule is O=C(Nc1ccc(C2OC(CN3CCC4(CC3)OCCO4)CC(c3ccc(CO)cc3)O2)cc1)C(Cl)(Cl)Cl. The molecule has 0 aliphatic carbocycles. The van der Waals surface area contributed by atoms with Crippen LogP contribution >= 0.6 is 34.8 Å². The first-order valence-corrected chi connectivity index (χ1v) is 13.9. The summed E-state index contributed by atoms with van der Waals surface area (Å²) in [6.07, 6.45) is 1.51. The minimum atomic E-state index is -2.05. The molecule has 3 aliphatic heterocycles. The summed E-state index contributed by atoms with van der Waals surface area (Å²) < 4.78 is 22.6. The van der Waals surface area contributed by atoms with E-state index in [0.717, 1.165) is 49.2 Å². The number of aliphatic hydroxyl groups is 1. The third kappa shape index (κ3) is 6.81. The van der Waals surface area contributed by atoms with Gasteiger partial charge in [0.2, 0.25) is 0 Å². The number of alkyl halides is 3. The highest BCUT2D eigenvalue weighted by Gasteiger charge is 2.41. The van der Waals surface area contributed by atoms with Crippen molar-refractivity contribution in [2.75, 3.05) is 38.2 Å². The largest absolute Gasteiger partial charge is 0.392 e. The first-order valence-electron chi connectivity index (χ1n) is 12.7. The van der Waals surface area contributed by atoms with Gasteiger partial charge in [0.25, 0.3) is 9.70 Å². The fourth-order valence-electron chi connectivity index (χ4n) is 5.11. The molecule has 3 atom stereocenters. The molecular formula is C27H31Cl3N2O6. The van der Waals surface area contributed by atoms with Crippen molar-refractivity contribution in [1.82, 2.24) is 4.90 Å². The van der Waals surface area contributed by atoms with Gasteiger partial charge in [-0.3, -0.25) is 4.79 Å². The van der Waals surface area contributed by atoms with Crippen LogP contribution in [0.2, 0.25) is 0 Å². The molecule has 3 saturated heterocycles. The van der Waals surface area contributed by atoms with Crippen LogP contribution in [0.5, 0.6) is 0 Å². The zero-order chi connectivity index (χ0) is 26.8. The molecule has 3 fully saturated rings. The van der Waals surface area contributed by atoms with E-state index in [1.54, 1.807) is 12.1 Å². The minimum Gasteiger partial charge on any atom is -0.392 e. The summed E-state index contributed by atoms with van der Waals surface area (Å²) >= 11 is 17.0. The first-order chi connectivity index (χ1) is 18.2. The maximum atomic E-state index is 12.0. The predicted molar refractivity (Wildman–Crippen MR) is 144 cm³/mol. The van der Waals surface area contributed by atoms with E-state index in [-0.39, 0.29) is 18.8 Å². The maximum absolute atomic E-state index is 12.0. The standard InChI is InChI=1S/C27H31Cl3N2O6/c28-27(29,30)25(34)31-21-7-5-20(6-8-21)24-37-22(15-23(38-24)19-3-1-18(17-33)2-4-19)16-32-11-9-26(10-12-32)35-13-14-36-26/h1-8,22-24,33H,9-17H2,(H,31,34). The molecule has 8 nitrogen and oxygen atoms in total. The number of benzene rings is 2. The molecular weight excluding hydrogens is 555 g/mol. The lowest BCUT2D eigenvalue weighted by Gasteiger charge is -2.41. The second-order valence-corrected chi connectivity index (χ2v) is 12.1. The van der Waals surface area contributed by atoms with Crippen LogP contribution in [0.3, 0.4) is 0 Å².